The number of aliphatic imine (C=N–C) groups is 1. The van der Waals surface area contributed by atoms with Gasteiger partial charge < -0.3 is 0 Å². The molecule has 5 heteroatoms. The third-order valence-corrected chi connectivity index (χ3v) is 3.12. The van der Waals surface area contributed by atoms with Crippen molar-refractivity contribution in [1.82, 2.24) is 10.2 Å². The molecule has 0 aromatic carbocycles. The van der Waals surface area contributed by atoms with Gasteiger partial charge in [-0.3, -0.25) is 24.8 Å². The summed E-state index contributed by atoms with van der Waals surface area (Å²) < 4.78 is 0. The van der Waals surface area contributed by atoms with Gasteiger partial charge in [0.2, 0.25) is 17.8 Å². The summed E-state index contributed by atoms with van der Waals surface area (Å²) in [7, 11) is 0. The smallest absolute Gasteiger partial charge is 0.244 e. The van der Waals surface area contributed by atoms with Crippen LogP contribution in [0.4, 0.5) is 0 Å². The van der Waals surface area contributed by atoms with Gasteiger partial charge in [0.05, 0.1) is 0 Å². The quantitative estimate of drug-likeness (QED) is 0.526. The molecule has 74 valence electrons. The maximum atomic E-state index is 11.9. The molecule has 1 N–H and O–H groups in total. The molecule has 0 aromatic rings. The number of carbonyl (C=O) groups is 2. The lowest BCUT2D eigenvalue weighted by Crippen LogP contribution is -2.61. The Labute approximate surface area is 81.2 Å². The molecule has 2 fully saturated rings. The Balaban J connectivity index is 2.00. The second-order valence-electron chi connectivity index (χ2n) is 4.05. The van der Waals surface area contributed by atoms with Gasteiger partial charge in [0.25, 0.3) is 0 Å². The molecular formula is C9H11N3O2. The van der Waals surface area contributed by atoms with Gasteiger partial charge in [-0.1, -0.05) is 0 Å². The van der Waals surface area contributed by atoms with Gasteiger partial charge in [-0.2, -0.15) is 0 Å². The van der Waals surface area contributed by atoms with Crippen molar-refractivity contribution in [3.05, 3.63) is 0 Å². The van der Waals surface area contributed by atoms with Crippen molar-refractivity contribution in [2.45, 2.75) is 19.3 Å². The molecule has 3 rings (SSSR count). The summed E-state index contributed by atoms with van der Waals surface area (Å²) in [6.07, 6.45) is 2.28. The molecule has 0 aromatic heterocycles. The number of hydrogen-bond acceptors (Lipinski definition) is 3. The van der Waals surface area contributed by atoms with E-state index in [1.807, 2.05) is 0 Å². The average Bonchev–Trinajstić information content (AvgIpc) is 2.97. The maximum Gasteiger partial charge on any atom is 0.244 e. The van der Waals surface area contributed by atoms with Crippen molar-refractivity contribution in [2.75, 3.05) is 13.1 Å². The lowest BCUT2D eigenvalue weighted by atomic mass is 10.0. The Morgan fingerprint density at radius 3 is 2.86 bits per heavy atom. The van der Waals surface area contributed by atoms with Crippen molar-refractivity contribution in [3.63, 3.8) is 0 Å². The first-order chi connectivity index (χ1) is 6.74. The average molecular weight is 193 g/mol. The largest absolute Gasteiger partial charge is 0.295 e. The first-order valence-corrected chi connectivity index (χ1v) is 4.92. The van der Waals surface area contributed by atoms with Gasteiger partial charge in [-0.15, -0.1) is 0 Å². The van der Waals surface area contributed by atoms with Gasteiger partial charge in [0.15, 0.2) is 0 Å². The minimum absolute atomic E-state index is 0.0419. The fourth-order valence-electron chi connectivity index (χ4n) is 2.05. The summed E-state index contributed by atoms with van der Waals surface area (Å²) in [6.45, 7) is 1.39. The molecule has 14 heavy (non-hydrogen) atoms. The zero-order valence-corrected chi connectivity index (χ0v) is 7.75. The van der Waals surface area contributed by atoms with Crippen LogP contribution in [0.15, 0.2) is 4.99 Å². The van der Waals surface area contributed by atoms with Gasteiger partial charge in [0.1, 0.15) is 5.41 Å². The number of nitrogens with one attached hydrogen (secondary N) is 1. The second-order valence-corrected chi connectivity index (χ2v) is 4.05. The van der Waals surface area contributed by atoms with Crippen LogP contribution in [0.1, 0.15) is 19.3 Å². The van der Waals surface area contributed by atoms with E-state index in [0.717, 1.165) is 6.42 Å². The molecule has 0 bridgehead atoms. The number of carbonyl (C=O) groups excluding carboxylic acids is 2. The Kier molecular flexibility index (Phi) is 1.33. The molecule has 1 aliphatic carbocycles. The molecule has 2 amide bonds. The molecule has 1 saturated heterocycles. The van der Waals surface area contributed by atoms with Crippen LogP contribution in [0.25, 0.3) is 0 Å². The van der Waals surface area contributed by atoms with E-state index in [9.17, 15) is 9.59 Å². The van der Waals surface area contributed by atoms with Crippen LogP contribution >= 0.6 is 0 Å². The Bertz CT molecular complexity index is 357. The van der Waals surface area contributed by atoms with Crippen molar-refractivity contribution in [1.29, 1.82) is 0 Å². The molecule has 2 aliphatic heterocycles. The van der Waals surface area contributed by atoms with Crippen molar-refractivity contribution >= 4 is 17.8 Å². The van der Waals surface area contributed by atoms with Gasteiger partial charge >= 0.3 is 0 Å². The molecule has 0 atom stereocenters. The highest BCUT2D eigenvalue weighted by Gasteiger charge is 2.61. The van der Waals surface area contributed by atoms with Crippen LogP contribution in [-0.2, 0) is 9.59 Å². The first-order valence-electron chi connectivity index (χ1n) is 4.92. The van der Waals surface area contributed by atoms with E-state index in [4.69, 9.17) is 0 Å². The van der Waals surface area contributed by atoms with Crippen LogP contribution in [0.2, 0.25) is 0 Å². The van der Waals surface area contributed by atoms with E-state index in [0.29, 0.717) is 31.9 Å². The third kappa shape index (κ3) is 0.818. The third-order valence-electron chi connectivity index (χ3n) is 3.12. The lowest BCUT2D eigenvalue weighted by Gasteiger charge is -2.35. The first kappa shape index (κ1) is 7.96. The summed E-state index contributed by atoms with van der Waals surface area (Å²) >= 11 is 0. The second kappa shape index (κ2) is 2.34. The monoisotopic (exact) mass is 193 g/mol. The number of guanidine groups is 1. The minimum atomic E-state index is -0.712. The highest BCUT2D eigenvalue weighted by Crippen LogP contribution is 2.49. The Morgan fingerprint density at radius 1 is 1.36 bits per heavy atom. The maximum absolute atomic E-state index is 11.9. The van der Waals surface area contributed by atoms with Gasteiger partial charge in [-0.25, -0.2) is 0 Å². The Hall–Kier alpha value is -1.39. The van der Waals surface area contributed by atoms with Gasteiger partial charge in [-0.05, 0) is 19.3 Å². The van der Waals surface area contributed by atoms with Crippen LogP contribution in [-0.4, -0.2) is 35.8 Å². The molecule has 1 spiro atoms. The standard InChI is InChI=1S/C9H11N3O2/c13-6-9(2-3-9)7(14)12-5-1-4-10-8(12)11-6/h1-5H2,(H,10,11,13). The molecule has 3 aliphatic rings. The summed E-state index contributed by atoms with van der Waals surface area (Å²) in [6, 6.07) is 0. The highest BCUT2D eigenvalue weighted by molar-refractivity contribution is 6.22. The number of rotatable bonds is 0. The molecule has 0 radical (unpaired) electrons. The van der Waals surface area contributed by atoms with Crippen LogP contribution < -0.4 is 5.32 Å². The number of amides is 2. The summed E-state index contributed by atoms with van der Waals surface area (Å²) in [5.74, 6) is 0.267. The molecule has 0 unspecified atom stereocenters. The van der Waals surface area contributed by atoms with E-state index < -0.39 is 5.41 Å². The van der Waals surface area contributed by atoms with E-state index in [1.165, 1.54) is 0 Å². The fraction of sp³-hybridized carbons (Fsp3) is 0.667. The van der Waals surface area contributed by atoms with E-state index in [2.05, 4.69) is 10.3 Å². The summed E-state index contributed by atoms with van der Waals surface area (Å²) in [5, 5.41) is 2.72. The predicted octanol–water partition coefficient (Wildman–Crippen LogP) is -0.515. The van der Waals surface area contributed by atoms with Crippen LogP contribution in [0.3, 0.4) is 0 Å². The normalized spacial score (nSPS) is 28.3. The van der Waals surface area contributed by atoms with Crippen LogP contribution in [0.5, 0.6) is 0 Å². The fourth-order valence-corrected chi connectivity index (χ4v) is 2.05. The molecule has 5 nitrogen and oxygen atoms in total. The van der Waals surface area contributed by atoms with E-state index in [-0.39, 0.29) is 11.8 Å². The highest BCUT2D eigenvalue weighted by atomic mass is 16.2. The zero-order chi connectivity index (χ0) is 9.76. The van der Waals surface area contributed by atoms with Crippen molar-refractivity contribution < 1.29 is 9.59 Å². The Morgan fingerprint density at radius 2 is 2.14 bits per heavy atom. The molecule has 2 heterocycles. The van der Waals surface area contributed by atoms with Gasteiger partial charge in [0, 0.05) is 13.1 Å². The minimum Gasteiger partial charge on any atom is -0.295 e. The van der Waals surface area contributed by atoms with E-state index >= 15 is 0 Å². The SMILES string of the molecule is O=C1NC2=NCCCN2C(=O)C12CC2. The summed E-state index contributed by atoms with van der Waals surface area (Å²) in [4.78, 5) is 29.3. The molecule has 1 saturated carbocycles. The number of nitrogens with zero attached hydrogens (tertiary/aromatic N) is 2. The topological polar surface area (TPSA) is 61.8 Å². The lowest BCUT2D eigenvalue weighted by molar-refractivity contribution is -0.143. The van der Waals surface area contributed by atoms with E-state index in [1.54, 1.807) is 4.90 Å². The van der Waals surface area contributed by atoms with Crippen molar-refractivity contribution in [2.24, 2.45) is 10.4 Å². The van der Waals surface area contributed by atoms with Crippen LogP contribution in [0, 0.1) is 5.41 Å². The number of fused-ring (bicyclic) bond motifs is 1. The summed E-state index contributed by atoms with van der Waals surface area (Å²) in [5.41, 5.74) is -0.712. The van der Waals surface area contributed by atoms with Crippen molar-refractivity contribution in [3.8, 4) is 0 Å². The molecular weight excluding hydrogens is 182 g/mol. The zero-order valence-electron chi connectivity index (χ0n) is 7.75. The predicted molar refractivity (Wildman–Crippen MR) is 48.4 cm³/mol. The number of hydrogen-bond donors (Lipinski definition) is 1.